The second kappa shape index (κ2) is 12.8. The van der Waals surface area contributed by atoms with E-state index in [2.05, 4.69) is 25.5 Å². The minimum Gasteiger partial charge on any atom is -0.364 e. The first-order valence-electron chi connectivity index (χ1n) is 13.4. The van der Waals surface area contributed by atoms with Crippen molar-refractivity contribution in [2.24, 2.45) is 5.73 Å². The zero-order chi connectivity index (χ0) is 27.9. The highest BCUT2D eigenvalue weighted by molar-refractivity contribution is 5.96. The topological polar surface area (TPSA) is 134 Å². The van der Waals surface area contributed by atoms with Crippen LogP contribution >= 0.6 is 0 Å². The molecule has 2 fully saturated rings. The number of halogens is 1. The minimum atomic E-state index is -0.712. The van der Waals surface area contributed by atoms with Crippen molar-refractivity contribution in [3.63, 3.8) is 0 Å². The fraction of sp³-hybridized carbons (Fsp3) is 0.464. The number of hydrogen-bond acceptors (Lipinski definition) is 7. The fourth-order valence-corrected chi connectivity index (χ4v) is 4.38. The Kier molecular flexibility index (Phi) is 9.23. The number of benzene rings is 1. The summed E-state index contributed by atoms with van der Waals surface area (Å²) >= 11 is 0. The van der Waals surface area contributed by atoms with E-state index in [1.54, 1.807) is 13.1 Å². The molecule has 10 nitrogen and oxygen atoms in total. The number of likely N-dealkylation sites (tertiary alicyclic amines) is 1. The maximum atomic E-state index is 14.4. The molecule has 1 aromatic carbocycles. The molecule has 0 atom stereocenters. The molecule has 1 aliphatic carbocycles. The van der Waals surface area contributed by atoms with E-state index in [0.717, 1.165) is 43.9 Å². The zero-order valence-corrected chi connectivity index (χ0v) is 22.5. The number of nitrogens with zero attached hydrogens (tertiary/aromatic N) is 4. The van der Waals surface area contributed by atoms with Crippen molar-refractivity contribution < 1.29 is 18.8 Å². The van der Waals surface area contributed by atoms with Gasteiger partial charge in [0, 0.05) is 37.8 Å². The van der Waals surface area contributed by atoms with Gasteiger partial charge in [0.15, 0.2) is 11.5 Å². The molecule has 208 valence electrons. The number of aryl methyl sites for hydroxylation is 1. The Labute approximate surface area is 227 Å². The average Bonchev–Trinajstić information content (AvgIpc) is 3.70. The summed E-state index contributed by atoms with van der Waals surface area (Å²) in [6.45, 7) is 4.98. The van der Waals surface area contributed by atoms with Gasteiger partial charge in [-0.15, -0.1) is 0 Å². The third-order valence-corrected chi connectivity index (χ3v) is 6.82. The Bertz CT molecular complexity index is 1260. The van der Waals surface area contributed by atoms with Crippen LogP contribution in [0.15, 0.2) is 30.4 Å². The van der Waals surface area contributed by atoms with E-state index in [0.29, 0.717) is 30.0 Å². The molecule has 2 aromatic rings. The summed E-state index contributed by atoms with van der Waals surface area (Å²) in [6.07, 6.45) is 7.53. The number of carbonyl (C=O) groups is 3. The number of hydrogen-bond donors (Lipinski definition) is 3. The Balaban J connectivity index is 1.33. The summed E-state index contributed by atoms with van der Waals surface area (Å²) < 4.78 is 14.4. The van der Waals surface area contributed by atoms with Crippen molar-refractivity contribution >= 4 is 29.2 Å². The molecular formula is C28H36FN7O3. The lowest BCUT2D eigenvalue weighted by Crippen LogP contribution is -2.39. The fourth-order valence-electron chi connectivity index (χ4n) is 4.38. The monoisotopic (exact) mass is 537 g/mol. The summed E-state index contributed by atoms with van der Waals surface area (Å²) in [5, 5.41) is 5.79. The number of likely N-dealkylation sites (N-methyl/N-ethyl adjacent to an activating group) is 1. The van der Waals surface area contributed by atoms with E-state index in [1.165, 1.54) is 29.5 Å². The van der Waals surface area contributed by atoms with Crippen LogP contribution in [0.5, 0.6) is 0 Å². The number of aromatic nitrogens is 2. The number of nitrogens with one attached hydrogen (secondary N) is 2. The Morgan fingerprint density at radius 2 is 1.97 bits per heavy atom. The molecule has 0 bridgehead atoms. The molecular weight excluding hydrogens is 501 g/mol. The van der Waals surface area contributed by atoms with E-state index in [-0.39, 0.29) is 36.4 Å². The molecule has 3 amide bonds. The molecule has 0 spiro atoms. The first-order chi connectivity index (χ1) is 18.7. The molecule has 1 saturated heterocycles. The quantitative estimate of drug-likeness (QED) is 0.334. The van der Waals surface area contributed by atoms with Crippen LogP contribution in [0.2, 0.25) is 0 Å². The summed E-state index contributed by atoms with van der Waals surface area (Å²) in [5.74, 6) is -1.20. The van der Waals surface area contributed by atoms with Crippen LogP contribution in [-0.4, -0.2) is 77.3 Å². The number of carbonyl (C=O) groups excluding carboxylic acids is 3. The smallest absolute Gasteiger partial charge is 0.271 e. The molecule has 0 radical (unpaired) electrons. The van der Waals surface area contributed by atoms with Crippen molar-refractivity contribution in [2.45, 2.75) is 44.9 Å². The number of primary amides is 1. The molecule has 11 heteroatoms. The van der Waals surface area contributed by atoms with Crippen LogP contribution in [0.25, 0.3) is 0 Å². The van der Waals surface area contributed by atoms with Gasteiger partial charge < -0.3 is 21.3 Å². The first kappa shape index (κ1) is 28.2. The van der Waals surface area contributed by atoms with Gasteiger partial charge in [0.2, 0.25) is 11.8 Å². The lowest BCUT2D eigenvalue weighted by Gasteiger charge is -2.29. The Morgan fingerprint density at radius 1 is 1.21 bits per heavy atom. The third kappa shape index (κ3) is 7.82. The van der Waals surface area contributed by atoms with Crippen LogP contribution in [0.3, 0.4) is 0 Å². The van der Waals surface area contributed by atoms with Gasteiger partial charge in [-0.2, -0.15) is 0 Å². The average molecular weight is 538 g/mol. The highest BCUT2D eigenvalue weighted by Crippen LogP contribution is 2.41. The number of amides is 3. The standard InChI is InChI=1S/C28H36FN7O3/c1-3-22-25(19-7-8-19)34-28(26(33-22)27(30)39)32-21-15-18(14-20(29)16-21)9-10-31-23(37)17-35(2)24(38)6-4-11-36-12-5-13-36/h4,6,14-16,19H,3,5,7-13,17H2,1-2H3,(H2,30,39)(H,31,37)(H,32,34). The van der Waals surface area contributed by atoms with Crippen LogP contribution in [-0.2, 0) is 22.4 Å². The van der Waals surface area contributed by atoms with E-state index in [4.69, 9.17) is 5.73 Å². The first-order valence-corrected chi connectivity index (χ1v) is 13.4. The maximum Gasteiger partial charge on any atom is 0.271 e. The summed E-state index contributed by atoms with van der Waals surface area (Å²) in [5.41, 5.74) is 8.21. The van der Waals surface area contributed by atoms with Crippen LogP contribution in [0.1, 0.15) is 59.5 Å². The number of rotatable bonds is 13. The Hall–Kier alpha value is -3.86. The van der Waals surface area contributed by atoms with Gasteiger partial charge in [0.1, 0.15) is 5.82 Å². The van der Waals surface area contributed by atoms with E-state index < -0.39 is 11.7 Å². The van der Waals surface area contributed by atoms with Gasteiger partial charge in [-0.3, -0.25) is 19.3 Å². The summed E-state index contributed by atoms with van der Waals surface area (Å²) in [7, 11) is 1.57. The van der Waals surface area contributed by atoms with Crippen molar-refractivity contribution in [3.8, 4) is 0 Å². The van der Waals surface area contributed by atoms with Gasteiger partial charge in [-0.25, -0.2) is 14.4 Å². The largest absolute Gasteiger partial charge is 0.364 e. The van der Waals surface area contributed by atoms with Crippen LogP contribution in [0, 0.1) is 5.82 Å². The molecule has 4 rings (SSSR count). The van der Waals surface area contributed by atoms with Crippen molar-refractivity contribution in [1.82, 2.24) is 25.1 Å². The van der Waals surface area contributed by atoms with Crippen molar-refractivity contribution in [2.75, 3.05) is 45.1 Å². The predicted octanol–water partition coefficient (Wildman–Crippen LogP) is 2.28. The summed E-state index contributed by atoms with van der Waals surface area (Å²) in [6, 6.07) is 4.41. The summed E-state index contributed by atoms with van der Waals surface area (Å²) in [4.78, 5) is 49.3. The van der Waals surface area contributed by atoms with Crippen molar-refractivity contribution in [3.05, 3.63) is 58.8 Å². The van der Waals surface area contributed by atoms with Crippen LogP contribution < -0.4 is 16.4 Å². The van der Waals surface area contributed by atoms with Gasteiger partial charge >= 0.3 is 0 Å². The molecule has 0 unspecified atom stereocenters. The normalized spacial score (nSPS) is 15.2. The highest BCUT2D eigenvalue weighted by Gasteiger charge is 2.30. The molecule has 1 aromatic heterocycles. The zero-order valence-electron chi connectivity index (χ0n) is 22.5. The maximum absolute atomic E-state index is 14.4. The highest BCUT2D eigenvalue weighted by atomic mass is 19.1. The molecule has 2 aliphatic rings. The minimum absolute atomic E-state index is 0.0170. The Morgan fingerprint density at radius 3 is 2.62 bits per heavy atom. The van der Waals surface area contributed by atoms with Gasteiger partial charge in [-0.05, 0) is 69.0 Å². The molecule has 39 heavy (non-hydrogen) atoms. The number of anilines is 2. The number of nitrogens with two attached hydrogens (primary N) is 1. The second-order valence-electron chi connectivity index (χ2n) is 10.1. The van der Waals surface area contributed by atoms with Gasteiger partial charge in [0.05, 0.1) is 17.9 Å². The van der Waals surface area contributed by atoms with E-state index >= 15 is 0 Å². The van der Waals surface area contributed by atoms with E-state index in [1.807, 2.05) is 13.0 Å². The predicted molar refractivity (Wildman–Crippen MR) is 146 cm³/mol. The van der Waals surface area contributed by atoms with Gasteiger partial charge in [0.25, 0.3) is 5.91 Å². The van der Waals surface area contributed by atoms with Gasteiger partial charge in [-0.1, -0.05) is 13.0 Å². The lowest BCUT2D eigenvalue weighted by atomic mass is 10.1. The SMILES string of the molecule is CCc1nc(C(N)=O)c(Nc2cc(F)cc(CCNC(=O)CN(C)C(=O)C=CCN3CCC3)c2)nc1C1CC1. The third-order valence-electron chi connectivity index (χ3n) is 6.82. The van der Waals surface area contributed by atoms with Crippen molar-refractivity contribution in [1.29, 1.82) is 0 Å². The molecule has 4 N–H and O–H groups in total. The molecule has 1 aliphatic heterocycles. The lowest BCUT2D eigenvalue weighted by molar-refractivity contribution is -0.131. The van der Waals surface area contributed by atoms with Crippen LogP contribution in [0.4, 0.5) is 15.9 Å². The molecule has 2 heterocycles. The van der Waals surface area contributed by atoms with E-state index in [9.17, 15) is 18.8 Å². The second-order valence-corrected chi connectivity index (χ2v) is 10.1. The molecule has 1 saturated carbocycles.